The van der Waals surface area contributed by atoms with Crippen molar-refractivity contribution in [2.24, 2.45) is 22.2 Å². The van der Waals surface area contributed by atoms with Crippen molar-refractivity contribution < 1.29 is 19.1 Å². The highest BCUT2D eigenvalue weighted by atomic mass is 16.5. The molecule has 1 aromatic carbocycles. The molecule has 4 nitrogen and oxygen atoms in total. The van der Waals surface area contributed by atoms with Crippen LogP contribution in [0.1, 0.15) is 85.0 Å². The lowest BCUT2D eigenvalue weighted by Gasteiger charge is -2.61. The summed E-state index contributed by atoms with van der Waals surface area (Å²) in [6.07, 6.45) is 9.17. The minimum atomic E-state index is -1.62. The summed E-state index contributed by atoms with van der Waals surface area (Å²) in [4.78, 5) is 44.2. The third-order valence-corrected chi connectivity index (χ3v) is 8.68. The van der Waals surface area contributed by atoms with Gasteiger partial charge in [0.2, 0.25) is 0 Å². The van der Waals surface area contributed by atoms with Crippen LogP contribution >= 0.6 is 0 Å². The molecule has 0 N–H and O–H groups in total. The van der Waals surface area contributed by atoms with Crippen LogP contribution in [0.25, 0.3) is 0 Å². The number of allylic oxidation sites excluding steroid dienone is 7. The zero-order chi connectivity index (χ0) is 27.4. The fraction of sp³-hybridized carbons (Fsp3) is 0.485. The summed E-state index contributed by atoms with van der Waals surface area (Å²) in [6, 6.07) is 9.01. The van der Waals surface area contributed by atoms with E-state index in [0.29, 0.717) is 24.0 Å². The highest BCUT2D eigenvalue weighted by Gasteiger charge is 2.75. The van der Waals surface area contributed by atoms with Gasteiger partial charge in [0.1, 0.15) is 11.4 Å². The quantitative estimate of drug-likeness (QED) is 0.232. The maximum absolute atomic E-state index is 15.0. The number of Topliss-reactive ketones (excluding diaryl/α,β-unsaturated/α-hetero) is 3. The summed E-state index contributed by atoms with van der Waals surface area (Å²) in [6.45, 7) is 15.9. The number of rotatable bonds is 6. The van der Waals surface area contributed by atoms with E-state index in [2.05, 4.69) is 19.9 Å². The fourth-order valence-electron chi connectivity index (χ4n) is 6.45. The molecule has 0 aromatic heterocycles. The monoisotopic (exact) mass is 500 g/mol. The van der Waals surface area contributed by atoms with Crippen molar-refractivity contribution >= 4 is 17.3 Å². The normalized spacial score (nSPS) is 29.2. The van der Waals surface area contributed by atoms with Crippen molar-refractivity contribution in [1.82, 2.24) is 0 Å². The molecule has 2 bridgehead atoms. The molecule has 1 aliphatic heterocycles. The van der Waals surface area contributed by atoms with E-state index < -0.39 is 21.8 Å². The molecular formula is C33H40O4. The summed E-state index contributed by atoms with van der Waals surface area (Å²) in [7, 11) is 0. The molecule has 3 atom stereocenters. The van der Waals surface area contributed by atoms with Gasteiger partial charge in [0, 0.05) is 5.56 Å². The second kappa shape index (κ2) is 9.08. The van der Waals surface area contributed by atoms with E-state index in [1.165, 1.54) is 5.57 Å². The molecule has 196 valence electrons. The predicted molar refractivity (Wildman–Crippen MR) is 147 cm³/mol. The van der Waals surface area contributed by atoms with Crippen molar-refractivity contribution in [3.63, 3.8) is 0 Å². The molecule has 4 rings (SSSR count). The Kier molecular flexibility index (Phi) is 6.63. The number of carbonyl (C=O) groups is 3. The molecule has 0 spiro atoms. The second-order valence-corrected chi connectivity index (χ2v) is 12.6. The summed E-state index contributed by atoms with van der Waals surface area (Å²) in [5, 5.41) is 0. The van der Waals surface area contributed by atoms with Crippen molar-refractivity contribution in [1.29, 1.82) is 0 Å². The summed E-state index contributed by atoms with van der Waals surface area (Å²) in [5.41, 5.74) is -1.45. The maximum atomic E-state index is 15.0. The Morgan fingerprint density at radius 3 is 2.19 bits per heavy atom. The summed E-state index contributed by atoms with van der Waals surface area (Å²) < 4.78 is 6.53. The van der Waals surface area contributed by atoms with E-state index in [4.69, 9.17) is 4.74 Å². The van der Waals surface area contributed by atoms with Crippen LogP contribution in [-0.2, 0) is 14.3 Å². The number of carbonyl (C=O) groups excluding carboxylic acids is 3. The summed E-state index contributed by atoms with van der Waals surface area (Å²) in [5.74, 6) is -0.652. The molecule has 37 heavy (non-hydrogen) atoms. The minimum absolute atomic E-state index is 0.0889. The zero-order valence-electron chi connectivity index (χ0n) is 23.5. The first-order chi connectivity index (χ1) is 17.2. The van der Waals surface area contributed by atoms with Gasteiger partial charge < -0.3 is 4.74 Å². The van der Waals surface area contributed by atoms with Gasteiger partial charge in [-0.05, 0) is 84.3 Å². The average molecular weight is 501 g/mol. The van der Waals surface area contributed by atoms with Crippen LogP contribution in [-0.4, -0.2) is 23.0 Å². The number of hydrogen-bond donors (Lipinski definition) is 0. The second-order valence-electron chi connectivity index (χ2n) is 12.6. The van der Waals surface area contributed by atoms with Gasteiger partial charge >= 0.3 is 0 Å². The first kappa shape index (κ1) is 27.0. The highest BCUT2D eigenvalue weighted by molar-refractivity contribution is 6.30. The Morgan fingerprint density at radius 2 is 1.59 bits per heavy atom. The number of hydrogen-bond acceptors (Lipinski definition) is 4. The lowest BCUT2D eigenvalue weighted by atomic mass is 9.39. The van der Waals surface area contributed by atoms with Gasteiger partial charge in [-0.1, -0.05) is 67.5 Å². The molecule has 1 aromatic rings. The average Bonchev–Trinajstić information content (AvgIpc) is 2.82. The third-order valence-electron chi connectivity index (χ3n) is 8.68. The topological polar surface area (TPSA) is 60.4 Å². The van der Waals surface area contributed by atoms with Crippen LogP contribution in [0.2, 0.25) is 0 Å². The Bertz CT molecular complexity index is 1260. The standard InChI is InChI=1S/C33H40O4/c1-21(2)14-15-24-20-32(19-16-22(3)4)27(35)25-17-18-30(5,6)37-28(25)33(29(32)36,31(24,7)8)26(34)23-12-10-9-11-13-23/h9-14,16-18,24H,15,19-20H2,1-8H3/t24-,32-,33+/m0/s1. The minimum Gasteiger partial charge on any atom is -0.486 e. The van der Waals surface area contributed by atoms with Gasteiger partial charge in [-0.3, -0.25) is 14.4 Å². The fourth-order valence-corrected chi connectivity index (χ4v) is 6.45. The van der Waals surface area contributed by atoms with E-state index in [-0.39, 0.29) is 35.4 Å². The SMILES string of the molecule is CC(C)=CC[C@H]1C[C@@]2(CC=C(C)C)C(=O)C3=C(OC(C)(C)C=C3)[C@](C(=O)c3ccccc3)(C2=O)C1(C)C. The van der Waals surface area contributed by atoms with Crippen LogP contribution in [0.3, 0.4) is 0 Å². The number of ketones is 3. The smallest absolute Gasteiger partial charge is 0.184 e. The van der Waals surface area contributed by atoms with Gasteiger partial charge in [0.05, 0.1) is 11.0 Å². The first-order valence-corrected chi connectivity index (χ1v) is 13.3. The van der Waals surface area contributed by atoms with Crippen LogP contribution in [0, 0.1) is 22.2 Å². The Labute approximate surface area is 221 Å². The first-order valence-electron chi connectivity index (χ1n) is 13.3. The molecule has 2 aliphatic carbocycles. The van der Waals surface area contributed by atoms with E-state index in [1.54, 1.807) is 18.2 Å². The lowest BCUT2D eigenvalue weighted by Crippen LogP contribution is -2.69. The van der Waals surface area contributed by atoms with Gasteiger partial charge in [-0.15, -0.1) is 0 Å². The summed E-state index contributed by atoms with van der Waals surface area (Å²) >= 11 is 0. The van der Waals surface area contributed by atoms with Gasteiger partial charge in [-0.2, -0.15) is 0 Å². The van der Waals surface area contributed by atoms with Crippen LogP contribution in [0.5, 0.6) is 0 Å². The van der Waals surface area contributed by atoms with E-state index in [0.717, 1.165) is 5.57 Å². The van der Waals surface area contributed by atoms with Crippen molar-refractivity contribution in [3.8, 4) is 0 Å². The Hall–Kier alpha value is -3.01. The van der Waals surface area contributed by atoms with Gasteiger partial charge in [0.25, 0.3) is 0 Å². The molecule has 0 radical (unpaired) electrons. The molecule has 1 fully saturated rings. The molecule has 4 heteroatoms. The molecule has 0 saturated heterocycles. The van der Waals surface area contributed by atoms with Crippen molar-refractivity contribution in [2.75, 3.05) is 0 Å². The zero-order valence-corrected chi connectivity index (χ0v) is 23.5. The number of fused-ring (bicyclic) bond motifs is 3. The van der Waals surface area contributed by atoms with Gasteiger partial charge in [-0.25, -0.2) is 0 Å². The Balaban J connectivity index is 2.12. The number of benzene rings is 1. The van der Waals surface area contributed by atoms with E-state index in [9.17, 15) is 9.59 Å². The highest BCUT2D eigenvalue weighted by Crippen LogP contribution is 2.67. The number of ether oxygens (including phenoxy) is 1. The Morgan fingerprint density at radius 1 is 0.973 bits per heavy atom. The van der Waals surface area contributed by atoms with E-state index in [1.807, 2.05) is 71.9 Å². The molecule has 0 unspecified atom stereocenters. The molecule has 0 amide bonds. The third kappa shape index (κ3) is 4.00. The van der Waals surface area contributed by atoms with Crippen molar-refractivity contribution in [2.45, 2.75) is 80.3 Å². The largest absolute Gasteiger partial charge is 0.486 e. The molecule has 1 heterocycles. The maximum Gasteiger partial charge on any atom is 0.184 e. The predicted octanol–water partition coefficient (Wildman–Crippen LogP) is 7.37. The van der Waals surface area contributed by atoms with Crippen LogP contribution in [0.15, 0.2) is 77.1 Å². The van der Waals surface area contributed by atoms with Crippen LogP contribution in [0.4, 0.5) is 0 Å². The molecule has 1 saturated carbocycles. The lowest BCUT2D eigenvalue weighted by molar-refractivity contribution is -0.167. The van der Waals surface area contributed by atoms with Crippen molar-refractivity contribution in [3.05, 3.63) is 82.7 Å². The molecule has 3 aliphatic rings. The molecular weight excluding hydrogens is 460 g/mol. The van der Waals surface area contributed by atoms with Crippen LogP contribution < -0.4 is 0 Å². The van der Waals surface area contributed by atoms with E-state index >= 15 is 4.79 Å². The van der Waals surface area contributed by atoms with Gasteiger partial charge in [0.15, 0.2) is 22.8 Å².